The van der Waals surface area contributed by atoms with Crippen LogP contribution >= 0.6 is 0 Å². The van der Waals surface area contributed by atoms with E-state index in [9.17, 15) is 14.4 Å². The van der Waals surface area contributed by atoms with E-state index in [-0.39, 0.29) is 18.9 Å². The molecule has 2 aromatic carbocycles. The number of ether oxygens (including phenoxy) is 2. The molecule has 2 rings (SSSR count). The summed E-state index contributed by atoms with van der Waals surface area (Å²) in [6.07, 6.45) is 0.710. The number of nitriles is 1. The Hall–Kier alpha value is -4.06. The normalized spacial score (nSPS) is 9.87. The lowest BCUT2D eigenvalue weighted by molar-refractivity contribution is -0.117. The molecule has 4 N–H and O–H groups in total. The highest BCUT2D eigenvalue weighted by Crippen LogP contribution is 2.27. The standard InChI is InChI=1S/C21H22N4O5/c1-29-18-11-14(12-22)4-9-17(18)30-10-2-3-20(27)25-16-7-5-15(6-8-16)21(28)24-13-19(23)26/h4-9,11H,2-3,10,13H2,1H3,(H2,23,26)(H,24,28)(H,25,27). The molecule has 0 atom stereocenters. The molecule has 0 heterocycles. The molecule has 3 amide bonds. The van der Waals surface area contributed by atoms with Gasteiger partial charge in [-0.05, 0) is 42.8 Å². The van der Waals surface area contributed by atoms with Gasteiger partial charge in [0.05, 0.1) is 31.9 Å². The van der Waals surface area contributed by atoms with Crippen LogP contribution in [0.1, 0.15) is 28.8 Å². The van der Waals surface area contributed by atoms with Gasteiger partial charge in [0.1, 0.15) is 0 Å². The summed E-state index contributed by atoms with van der Waals surface area (Å²) in [4.78, 5) is 34.6. The number of methoxy groups -OCH3 is 1. The molecule has 0 radical (unpaired) electrons. The van der Waals surface area contributed by atoms with Crippen LogP contribution in [0.15, 0.2) is 42.5 Å². The quantitative estimate of drug-likeness (QED) is 0.507. The first-order valence-electron chi connectivity index (χ1n) is 9.10. The van der Waals surface area contributed by atoms with Crippen molar-refractivity contribution in [2.75, 3.05) is 25.6 Å². The van der Waals surface area contributed by atoms with Crippen LogP contribution in [0.3, 0.4) is 0 Å². The number of anilines is 1. The smallest absolute Gasteiger partial charge is 0.251 e. The average molecular weight is 410 g/mol. The predicted molar refractivity (Wildman–Crippen MR) is 109 cm³/mol. The SMILES string of the molecule is COc1cc(C#N)ccc1OCCCC(=O)Nc1ccc(C(=O)NCC(N)=O)cc1. The predicted octanol–water partition coefficient (Wildman–Crippen LogP) is 1.58. The lowest BCUT2D eigenvalue weighted by atomic mass is 10.2. The third kappa shape index (κ3) is 6.83. The Labute approximate surface area is 173 Å². The molecular weight excluding hydrogens is 388 g/mol. The van der Waals surface area contributed by atoms with Crippen molar-refractivity contribution in [1.82, 2.24) is 5.32 Å². The summed E-state index contributed by atoms with van der Waals surface area (Å²) >= 11 is 0. The highest BCUT2D eigenvalue weighted by atomic mass is 16.5. The minimum Gasteiger partial charge on any atom is -0.493 e. The summed E-state index contributed by atoms with van der Waals surface area (Å²) in [6.45, 7) is 0.0579. The second-order valence-corrected chi connectivity index (χ2v) is 6.20. The van der Waals surface area contributed by atoms with Crippen LogP contribution in [0.25, 0.3) is 0 Å². The first-order valence-corrected chi connectivity index (χ1v) is 9.10. The highest BCUT2D eigenvalue weighted by Gasteiger charge is 2.09. The van der Waals surface area contributed by atoms with Gasteiger partial charge in [-0.25, -0.2) is 0 Å². The van der Waals surface area contributed by atoms with Crippen molar-refractivity contribution in [3.63, 3.8) is 0 Å². The molecule has 0 spiro atoms. The van der Waals surface area contributed by atoms with Crippen LogP contribution in [0.4, 0.5) is 5.69 Å². The summed E-state index contributed by atoms with van der Waals surface area (Å²) in [7, 11) is 1.49. The van der Waals surface area contributed by atoms with Crippen molar-refractivity contribution in [3.05, 3.63) is 53.6 Å². The van der Waals surface area contributed by atoms with E-state index in [1.54, 1.807) is 30.3 Å². The van der Waals surface area contributed by atoms with Crippen LogP contribution in [-0.4, -0.2) is 38.0 Å². The van der Waals surface area contributed by atoms with Gasteiger partial charge < -0.3 is 25.8 Å². The largest absolute Gasteiger partial charge is 0.493 e. The van der Waals surface area contributed by atoms with E-state index in [4.69, 9.17) is 20.5 Å². The monoisotopic (exact) mass is 410 g/mol. The zero-order valence-corrected chi connectivity index (χ0v) is 16.4. The second-order valence-electron chi connectivity index (χ2n) is 6.20. The van der Waals surface area contributed by atoms with Crippen molar-refractivity contribution in [2.24, 2.45) is 5.73 Å². The molecule has 9 nitrogen and oxygen atoms in total. The first kappa shape index (κ1) is 22.2. The maximum atomic E-state index is 12.1. The van der Waals surface area contributed by atoms with Crippen LogP contribution in [0.5, 0.6) is 11.5 Å². The number of hydrogen-bond donors (Lipinski definition) is 3. The Morgan fingerprint density at radius 2 is 1.83 bits per heavy atom. The second kappa shape index (κ2) is 11.1. The molecule has 0 aliphatic rings. The third-order valence-electron chi connectivity index (χ3n) is 3.95. The van der Waals surface area contributed by atoms with E-state index in [1.165, 1.54) is 19.2 Å². The zero-order chi connectivity index (χ0) is 21.9. The molecular formula is C21H22N4O5. The van der Waals surface area contributed by atoms with Crippen LogP contribution in [0.2, 0.25) is 0 Å². The van der Waals surface area contributed by atoms with E-state index in [0.717, 1.165) is 0 Å². The van der Waals surface area contributed by atoms with Gasteiger partial charge in [-0.15, -0.1) is 0 Å². The summed E-state index contributed by atoms with van der Waals surface area (Å²) in [5.74, 6) is -0.298. The van der Waals surface area contributed by atoms with Gasteiger partial charge in [-0.2, -0.15) is 5.26 Å². The lowest BCUT2D eigenvalue weighted by Gasteiger charge is -2.11. The molecule has 0 aliphatic heterocycles. The fraction of sp³-hybridized carbons (Fsp3) is 0.238. The molecule has 0 bridgehead atoms. The maximum absolute atomic E-state index is 12.1. The molecule has 30 heavy (non-hydrogen) atoms. The van der Waals surface area contributed by atoms with Crippen molar-refractivity contribution in [3.8, 4) is 17.6 Å². The average Bonchev–Trinajstić information content (AvgIpc) is 2.75. The van der Waals surface area contributed by atoms with Gasteiger partial charge in [0, 0.05) is 23.7 Å². The van der Waals surface area contributed by atoms with E-state index < -0.39 is 11.8 Å². The fourth-order valence-electron chi connectivity index (χ4n) is 2.47. The van der Waals surface area contributed by atoms with Crippen LogP contribution < -0.4 is 25.8 Å². The van der Waals surface area contributed by atoms with Crippen molar-refractivity contribution in [1.29, 1.82) is 5.26 Å². The molecule has 0 aliphatic carbocycles. The number of nitrogens with zero attached hydrogens (tertiary/aromatic N) is 1. The van der Waals surface area contributed by atoms with Gasteiger partial charge in [-0.3, -0.25) is 14.4 Å². The summed E-state index contributed by atoms with van der Waals surface area (Å²) < 4.78 is 10.8. The van der Waals surface area contributed by atoms with E-state index in [0.29, 0.717) is 41.3 Å². The Bertz CT molecular complexity index is 951. The van der Waals surface area contributed by atoms with Crippen LogP contribution in [-0.2, 0) is 9.59 Å². The van der Waals surface area contributed by atoms with Crippen LogP contribution in [0, 0.1) is 11.3 Å². The number of rotatable bonds is 10. The molecule has 0 unspecified atom stereocenters. The Kier molecular flexibility index (Phi) is 8.20. The highest BCUT2D eigenvalue weighted by molar-refractivity contribution is 5.97. The third-order valence-corrected chi connectivity index (χ3v) is 3.95. The Balaban J connectivity index is 1.76. The number of nitrogens with two attached hydrogens (primary N) is 1. The van der Waals surface area contributed by atoms with Gasteiger partial charge in [0.2, 0.25) is 11.8 Å². The van der Waals surface area contributed by atoms with E-state index in [2.05, 4.69) is 10.6 Å². The summed E-state index contributed by atoms with van der Waals surface area (Å²) in [5, 5.41) is 14.0. The number of benzene rings is 2. The molecule has 9 heteroatoms. The van der Waals surface area contributed by atoms with Gasteiger partial charge in [0.15, 0.2) is 11.5 Å². The Morgan fingerprint density at radius 3 is 2.47 bits per heavy atom. The minimum absolute atomic E-state index is 0.198. The number of carbonyl (C=O) groups is 3. The Morgan fingerprint density at radius 1 is 1.10 bits per heavy atom. The first-order chi connectivity index (χ1) is 14.4. The number of nitrogens with one attached hydrogen (secondary N) is 2. The number of primary amides is 1. The van der Waals surface area contributed by atoms with Gasteiger partial charge >= 0.3 is 0 Å². The maximum Gasteiger partial charge on any atom is 0.251 e. The molecule has 156 valence electrons. The zero-order valence-electron chi connectivity index (χ0n) is 16.4. The lowest BCUT2D eigenvalue weighted by Crippen LogP contribution is -2.33. The minimum atomic E-state index is -0.631. The molecule has 0 saturated heterocycles. The van der Waals surface area contributed by atoms with Crippen molar-refractivity contribution < 1.29 is 23.9 Å². The number of hydrogen-bond acceptors (Lipinski definition) is 6. The number of carbonyl (C=O) groups excluding carboxylic acids is 3. The van der Waals surface area contributed by atoms with Crippen molar-refractivity contribution >= 4 is 23.4 Å². The van der Waals surface area contributed by atoms with Crippen molar-refractivity contribution in [2.45, 2.75) is 12.8 Å². The summed E-state index contributed by atoms with van der Waals surface area (Å²) in [6, 6.07) is 13.1. The summed E-state index contributed by atoms with van der Waals surface area (Å²) in [5.41, 5.74) is 6.34. The molecule has 0 fully saturated rings. The molecule has 2 aromatic rings. The molecule has 0 aromatic heterocycles. The van der Waals surface area contributed by atoms with Gasteiger partial charge in [-0.1, -0.05) is 0 Å². The fourth-order valence-corrected chi connectivity index (χ4v) is 2.47. The van der Waals surface area contributed by atoms with Gasteiger partial charge in [0.25, 0.3) is 5.91 Å². The number of amides is 3. The molecule has 0 saturated carbocycles. The van der Waals surface area contributed by atoms with E-state index >= 15 is 0 Å². The topological polar surface area (TPSA) is 144 Å². The van der Waals surface area contributed by atoms with E-state index in [1.807, 2.05) is 6.07 Å².